The van der Waals surface area contributed by atoms with E-state index in [1.165, 1.54) is 32.5 Å². The third-order valence-corrected chi connectivity index (χ3v) is 2.79. The van der Waals surface area contributed by atoms with Gasteiger partial charge in [-0.1, -0.05) is 0 Å². The second kappa shape index (κ2) is 4.21. The van der Waals surface area contributed by atoms with Crippen molar-refractivity contribution in [2.75, 3.05) is 32.8 Å². The predicted molar refractivity (Wildman–Crippen MR) is 48.2 cm³/mol. The largest absolute Gasteiger partial charge is 0.378 e. The summed E-state index contributed by atoms with van der Waals surface area (Å²) in [7, 11) is 0. The molecule has 0 atom stereocenters. The number of rotatable bonds is 3. The van der Waals surface area contributed by atoms with Gasteiger partial charge in [0.15, 0.2) is 0 Å². The molecule has 2 saturated heterocycles. The molecule has 3 nitrogen and oxygen atoms in total. The van der Waals surface area contributed by atoms with Crippen molar-refractivity contribution >= 4 is 0 Å². The Kier molecular flexibility index (Phi) is 2.98. The van der Waals surface area contributed by atoms with E-state index in [1.54, 1.807) is 0 Å². The third-order valence-electron chi connectivity index (χ3n) is 2.79. The molecule has 2 heterocycles. The summed E-state index contributed by atoms with van der Waals surface area (Å²) in [5.41, 5.74) is 0. The van der Waals surface area contributed by atoms with Crippen LogP contribution in [0.25, 0.3) is 0 Å². The Morgan fingerprint density at radius 2 is 2.00 bits per heavy atom. The van der Waals surface area contributed by atoms with Crippen LogP contribution >= 0.6 is 0 Å². The first-order valence-electron chi connectivity index (χ1n) is 4.97. The molecule has 2 N–H and O–H groups in total. The molecule has 0 amide bonds. The first-order valence-corrected chi connectivity index (χ1v) is 4.97. The van der Waals surface area contributed by atoms with Crippen molar-refractivity contribution in [2.45, 2.75) is 18.9 Å². The quantitative estimate of drug-likeness (QED) is 0.624. The van der Waals surface area contributed by atoms with E-state index >= 15 is 0 Å². The monoisotopic (exact) mass is 170 g/mol. The minimum atomic E-state index is 0.653. The number of hydrogen-bond donors (Lipinski definition) is 2. The second-order valence-electron chi connectivity index (χ2n) is 3.84. The van der Waals surface area contributed by atoms with Crippen molar-refractivity contribution in [1.82, 2.24) is 10.6 Å². The summed E-state index contributed by atoms with van der Waals surface area (Å²) in [4.78, 5) is 0. The lowest BCUT2D eigenvalue weighted by Gasteiger charge is -2.30. The van der Waals surface area contributed by atoms with Gasteiger partial charge in [0.2, 0.25) is 0 Å². The number of nitrogens with one attached hydrogen (secondary N) is 2. The van der Waals surface area contributed by atoms with Crippen molar-refractivity contribution in [3.8, 4) is 0 Å². The van der Waals surface area contributed by atoms with Gasteiger partial charge in [0.05, 0.1) is 19.3 Å². The molecule has 0 radical (unpaired) electrons. The summed E-state index contributed by atoms with van der Waals surface area (Å²) in [6, 6.07) is 0.653. The Balaban J connectivity index is 1.58. The SMILES string of the molecule is C1CC(CNC2COC2)CCN1. The van der Waals surface area contributed by atoms with Crippen LogP contribution in [-0.4, -0.2) is 38.9 Å². The van der Waals surface area contributed by atoms with Crippen LogP contribution < -0.4 is 10.6 Å². The topological polar surface area (TPSA) is 33.3 Å². The van der Waals surface area contributed by atoms with E-state index in [4.69, 9.17) is 4.74 Å². The molecule has 2 aliphatic rings. The van der Waals surface area contributed by atoms with E-state index in [9.17, 15) is 0 Å². The molecule has 2 rings (SSSR count). The smallest absolute Gasteiger partial charge is 0.0643 e. The summed E-state index contributed by atoms with van der Waals surface area (Å²) in [6.45, 7) is 5.44. The molecule has 0 aromatic carbocycles. The standard InChI is InChI=1S/C9H18N2O/c1-3-10-4-2-8(1)5-11-9-6-12-7-9/h8-11H,1-7H2. The molecule has 2 fully saturated rings. The van der Waals surface area contributed by atoms with E-state index in [1.807, 2.05) is 0 Å². The summed E-state index contributed by atoms with van der Waals surface area (Å²) in [6.07, 6.45) is 2.67. The third kappa shape index (κ3) is 2.19. The van der Waals surface area contributed by atoms with Gasteiger partial charge in [-0.15, -0.1) is 0 Å². The van der Waals surface area contributed by atoms with Gasteiger partial charge in [0, 0.05) is 0 Å². The van der Waals surface area contributed by atoms with Crippen molar-refractivity contribution in [1.29, 1.82) is 0 Å². The zero-order valence-corrected chi connectivity index (χ0v) is 7.51. The Labute approximate surface area is 73.9 Å². The van der Waals surface area contributed by atoms with Crippen LogP contribution in [0.5, 0.6) is 0 Å². The van der Waals surface area contributed by atoms with Crippen LogP contribution in [0.1, 0.15) is 12.8 Å². The lowest BCUT2D eigenvalue weighted by Crippen LogP contribution is -2.48. The highest BCUT2D eigenvalue weighted by molar-refractivity contribution is 4.77. The average Bonchev–Trinajstić information content (AvgIpc) is 2.04. The summed E-state index contributed by atoms with van der Waals surface area (Å²) in [5, 5.41) is 6.91. The van der Waals surface area contributed by atoms with Gasteiger partial charge >= 0.3 is 0 Å². The molecule has 0 unspecified atom stereocenters. The molecule has 0 bridgehead atoms. The molecule has 0 spiro atoms. The summed E-state index contributed by atoms with van der Waals surface area (Å²) < 4.78 is 5.10. The van der Waals surface area contributed by atoms with Gasteiger partial charge in [0.1, 0.15) is 0 Å². The molecule has 0 aliphatic carbocycles. The summed E-state index contributed by atoms with van der Waals surface area (Å²) in [5.74, 6) is 0.895. The van der Waals surface area contributed by atoms with Crippen LogP contribution in [0, 0.1) is 5.92 Å². The molecule has 0 aromatic rings. The first-order chi connectivity index (χ1) is 5.95. The van der Waals surface area contributed by atoms with E-state index in [2.05, 4.69) is 10.6 Å². The van der Waals surface area contributed by atoms with Crippen LogP contribution in [-0.2, 0) is 4.74 Å². The van der Waals surface area contributed by atoms with Gasteiger partial charge in [-0.3, -0.25) is 0 Å². The van der Waals surface area contributed by atoms with Gasteiger partial charge in [0.25, 0.3) is 0 Å². The van der Waals surface area contributed by atoms with Crippen LogP contribution in [0.15, 0.2) is 0 Å². The molecule has 0 aromatic heterocycles. The number of piperidine rings is 1. The van der Waals surface area contributed by atoms with E-state index in [0.29, 0.717) is 6.04 Å². The van der Waals surface area contributed by atoms with Crippen molar-refractivity contribution < 1.29 is 4.74 Å². The van der Waals surface area contributed by atoms with Crippen molar-refractivity contribution in [2.24, 2.45) is 5.92 Å². The second-order valence-corrected chi connectivity index (χ2v) is 3.84. The minimum Gasteiger partial charge on any atom is -0.378 e. The van der Waals surface area contributed by atoms with E-state index < -0.39 is 0 Å². The Morgan fingerprint density at radius 1 is 1.25 bits per heavy atom. The molecular formula is C9H18N2O. The maximum atomic E-state index is 5.10. The highest BCUT2D eigenvalue weighted by Crippen LogP contribution is 2.11. The van der Waals surface area contributed by atoms with Gasteiger partial charge in [-0.05, 0) is 38.4 Å². The van der Waals surface area contributed by atoms with Gasteiger partial charge < -0.3 is 15.4 Å². The normalized spacial score (nSPS) is 27.0. The predicted octanol–water partition coefficient (Wildman–Crippen LogP) is -0.0256. The first kappa shape index (κ1) is 8.48. The zero-order chi connectivity index (χ0) is 8.23. The molecule has 12 heavy (non-hydrogen) atoms. The maximum absolute atomic E-state index is 5.10. The van der Waals surface area contributed by atoms with Gasteiger partial charge in [-0.2, -0.15) is 0 Å². The summed E-state index contributed by atoms with van der Waals surface area (Å²) >= 11 is 0. The van der Waals surface area contributed by atoms with Gasteiger partial charge in [-0.25, -0.2) is 0 Å². The zero-order valence-electron chi connectivity index (χ0n) is 7.51. The fourth-order valence-corrected chi connectivity index (χ4v) is 1.77. The molecule has 3 heteroatoms. The Hall–Kier alpha value is -0.120. The fraction of sp³-hybridized carbons (Fsp3) is 1.00. The average molecular weight is 170 g/mol. The highest BCUT2D eigenvalue weighted by Gasteiger charge is 2.19. The van der Waals surface area contributed by atoms with E-state index in [0.717, 1.165) is 19.1 Å². The maximum Gasteiger partial charge on any atom is 0.0643 e. The molecule has 70 valence electrons. The number of ether oxygens (including phenoxy) is 1. The van der Waals surface area contributed by atoms with Crippen LogP contribution in [0.3, 0.4) is 0 Å². The molecule has 2 aliphatic heterocycles. The van der Waals surface area contributed by atoms with Crippen LogP contribution in [0.2, 0.25) is 0 Å². The number of hydrogen-bond acceptors (Lipinski definition) is 3. The highest BCUT2D eigenvalue weighted by atomic mass is 16.5. The fourth-order valence-electron chi connectivity index (χ4n) is 1.77. The molecule has 0 saturated carbocycles. The van der Waals surface area contributed by atoms with Crippen LogP contribution in [0.4, 0.5) is 0 Å². The Morgan fingerprint density at radius 3 is 2.58 bits per heavy atom. The van der Waals surface area contributed by atoms with Crippen molar-refractivity contribution in [3.63, 3.8) is 0 Å². The lowest BCUT2D eigenvalue weighted by molar-refractivity contribution is -0.00691. The Bertz CT molecular complexity index is 130. The molecular weight excluding hydrogens is 152 g/mol. The van der Waals surface area contributed by atoms with E-state index in [-0.39, 0.29) is 0 Å². The van der Waals surface area contributed by atoms with Crippen molar-refractivity contribution in [3.05, 3.63) is 0 Å². The lowest BCUT2D eigenvalue weighted by atomic mass is 9.98. The minimum absolute atomic E-state index is 0.653.